The first-order valence-electron chi connectivity index (χ1n) is 5.40. The van der Waals surface area contributed by atoms with Gasteiger partial charge < -0.3 is 9.47 Å². The summed E-state index contributed by atoms with van der Waals surface area (Å²) in [6.45, 7) is 1.72. The average Bonchev–Trinajstić information content (AvgIpc) is 2.92. The van der Waals surface area contributed by atoms with Crippen LogP contribution < -0.4 is 4.74 Å². The van der Waals surface area contributed by atoms with Crippen LogP contribution in [0.2, 0.25) is 0 Å². The molecule has 0 fully saturated rings. The van der Waals surface area contributed by atoms with Gasteiger partial charge in [-0.2, -0.15) is 5.10 Å². The minimum atomic E-state index is -0.498. The maximum absolute atomic E-state index is 11.8. The summed E-state index contributed by atoms with van der Waals surface area (Å²) in [5.41, 5.74) is 0.461. The number of rotatable bonds is 4. The first-order chi connectivity index (χ1) is 8.70. The molecule has 0 spiro atoms. The van der Waals surface area contributed by atoms with E-state index in [1.807, 2.05) is 0 Å². The summed E-state index contributed by atoms with van der Waals surface area (Å²) in [7, 11) is 1.57. The lowest BCUT2D eigenvalue weighted by Crippen LogP contribution is -2.15. The second-order valence-electron chi connectivity index (χ2n) is 3.61. The van der Waals surface area contributed by atoms with Crippen molar-refractivity contribution in [3.63, 3.8) is 0 Å². The zero-order valence-electron chi connectivity index (χ0n) is 10.1. The van der Waals surface area contributed by atoms with Crippen molar-refractivity contribution >= 4 is 5.97 Å². The van der Waals surface area contributed by atoms with Crippen LogP contribution in [0.3, 0.4) is 0 Å². The number of carbonyl (C=O) groups excluding carboxylic acids is 1. The normalized spacial score (nSPS) is 11.9. The Kier molecular flexibility index (Phi) is 3.57. The van der Waals surface area contributed by atoms with Gasteiger partial charge in [0.2, 0.25) is 0 Å². The molecule has 94 valence electrons. The number of nitrogens with zero attached hydrogens (tertiary/aromatic N) is 3. The van der Waals surface area contributed by atoms with E-state index in [1.165, 1.54) is 17.3 Å². The average molecular weight is 247 g/mol. The van der Waals surface area contributed by atoms with Gasteiger partial charge in [-0.05, 0) is 31.2 Å². The number of esters is 1. The van der Waals surface area contributed by atoms with E-state index >= 15 is 0 Å². The van der Waals surface area contributed by atoms with E-state index in [1.54, 1.807) is 38.3 Å². The van der Waals surface area contributed by atoms with E-state index in [0.29, 0.717) is 11.3 Å². The topological polar surface area (TPSA) is 66.2 Å². The summed E-state index contributed by atoms with van der Waals surface area (Å²) in [5, 5.41) is 3.90. The van der Waals surface area contributed by atoms with E-state index in [-0.39, 0.29) is 0 Å². The van der Waals surface area contributed by atoms with Crippen molar-refractivity contribution in [3.05, 3.63) is 42.5 Å². The third kappa shape index (κ3) is 2.65. The summed E-state index contributed by atoms with van der Waals surface area (Å²) in [6.07, 6.45) is 2.38. The quantitative estimate of drug-likeness (QED) is 0.769. The van der Waals surface area contributed by atoms with Crippen LogP contribution in [0.4, 0.5) is 0 Å². The summed E-state index contributed by atoms with van der Waals surface area (Å²) < 4.78 is 11.7. The summed E-state index contributed by atoms with van der Waals surface area (Å²) in [5.74, 6) is 0.275. The van der Waals surface area contributed by atoms with Crippen LogP contribution in [0, 0.1) is 0 Å². The Morgan fingerprint density at radius 2 is 2.06 bits per heavy atom. The van der Waals surface area contributed by atoms with Crippen LogP contribution in [0.15, 0.2) is 36.9 Å². The van der Waals surface area contributed by atoms with Crippen LogP contribution in [0.25, 0.3) is 0 Å². The van der Waals surface area contributed by atoms with Crippen molar-refractivity contribution in [1.29, 1.82) is 0 Å². The lowest BCUT2D eigenvalue weighted by molar-refractivity contribution is 0.0117. The molecule has 2 rings (SSSR count). The molecule has 0 aliphatic heterocycles. The Morgan fingerprint density at radius 3 is 2.61 bits per heavy atom. The molecule has 0 radical (unpaired) electrons. The van der Waals surface area contributed by atoms with Crippen LogP contribution in [-0.4, -0.2) is 27.8 Å². The highest BCUT2D eigenvalue weighted by molar-refractivity contribution is 5.89. The lowest BCUT2D eigenvalue weighted by Gasteiger charge is -2.12. The first-order valence-corrected chi connectivity index (χ1v) is 5.40. The Hall–Kier alpha value is -2.37. The van der Waals surface area contributed by atoms with Crippen molar-refractivity contribution in [3.8, 4) is 5.75 Å². The van der Waals surface area contributed by atoms with E-state index in [2.05, 4.69) is 10.1 Å². The maximum Gasteiger partial charge on any atom is 0.340 e. The number of hydrogen-bond donors (Lipinski definition) is 0. The first kappa shape index (κ1) is 12.1. The van der Waals surface area contributed by atoms with Gasteiger partial charge >= 0.3 is 5.97 Å². The smallest absolute Gasteiger partial charge is 0.340 e. The zero-order chi connectivity index (χ0) is 13.0. The Morgan fingerprint density at radius 1 is 1.33 bits per heavy atom. The predicted octanol–water partition coefficient (Wildman–Crippen LogP) is 1.66. The molecule has 0 aliphatic carbocycles. The number of aromatic nitrogens is 3. The second kappa shape index (κ2) is 5.31. The van der Waals surface area contributed by atoms with Gasteiger partial charge in [0.05, 0.1) is 12.7 Å². The molecule has 6 nitrogen and oxygen atoms in total. The minimum Gasteiger partial charge on any atom is -0.497 e. The lowest BCUT2D eigenvalue weighted by atomic mass is 10.2. The molecular formula is C12H13N3O3. The molecule has 1 atom stereocenters. The largest absolute Gasteiger partial charge is 0.497 e. The van der Waals surface area contributed by atoms with Gasteiger partial charge in [0, 0.05) is 0 Å². The van der Waals surface area contributed by atoms with Crippen molar-refractivity contribution in [2.45, 2.75) is 13.2 Å². The maximum atomic E-state index is 11.8. The van der Waals surface area contributed by atoms with Crippen LogP contribution >= 0.6 is 0 Å². The molecule has 1 aromatic heterocycles. The van der Waals surface area contributed by atoms with E-state index in [9.17, 15) is 4.79 Å². The molecule has 0 aliphatic rings. The van der Waals surface area contributed by atoms with Crippen LogP contribution in [-0.2, 0) is 4.74 Å². The number of methoxy groups -OCH3 is 1. The van der Waals surface area contributed by atoms with Crippen molar-refractivity contribution in [1.82, 2.24) is 14.8 Å². The number of ether oxygens (including phenoxy) is 2. The number of benzene rings is 1. The van der Waals surface area contributed by atoms with Crippen molar-refractivity contribution in [2.24, 2.45) is 0 Å². The van der Waals surface area contributed by atoms with Gasteiger partial charge in [-0.15, -0.1) is 0 Å². The van der Waals surface area contributed by atoms with Gasteiger partial charge in [-0.1, -0.05) is 0 Å². The number of hydrogen-bond acceptors (Lipinski definition) is 5. The molecule has 1 heterocycles. The molecule has 0 unspecified atom stereocenters. The Bertz CT molecular complexity index is 508. The van der Waals surface area contributed by atoms with Gasteiger partial charge in [0.25, 0.3) is 0 Å². The minimum absolute atomic E-state index is 0.416. The van der Waals surface area contributed by atoms with E-state index in [0.717, 1.165) is 0 Å². The standard InChI is InChI=1S/C12H13N3O3/c1-9(15-8-13-7-14-15)18-12(16)10-3-5-11(17-2)6-4-10/h3-9H,1-2H3/t9-/m0/s1. The van der Waals surface area contributed by atoms with E-state index < -0.39 is 12.2 Å². The zero-order valence-corrected chi connectivity index (χ0v) is 10.1. The molecule has 0 bridgehead atoms. The highest BCUT2D eigenvalue weighted by Crippen LogP contribution is 2.14. The number of carbonyl (C=O) groups is 1. The highest BCUT2D eigenvalue weighted by Gasteiger charge is 2.13. The molecule has 0 saturated carbocycles. The summed E-state index contributed by atoms with van der Waals surface area (Å²) >= 11 is 0. The van der Waals surface area contributed by atoms with Crippen LogP contribution in [0.5, 0.6) is 5.75 Å². The van der Waals surface area contributed by atoms with Crippen molar-refractivity contribution in [2.75, 3.05) is 7.11 Å². The van der Waals surface area contributed by atoms with Crippen LogP contribution in [0.1, 0.15) is 23.5 Å². The molecule has 6 heteroatoms. The molecular weight excluding hydrogens is 234 g/mol. The molecule has 0 amide bonds. The summed E-state index contributed by atoms with van der Waals surface area (Å²) in [6, 6.07) is 6.71. The fourth-order valence-corrected chi connectivity index (χ4v) is 1.41. The molecule has 1 aromatic carbocycles. The van der Waals surface area contributed by atoms with Gasteiger partial charge in [-0.3, -0.25) is 0 Å². The van der Waals surface area contributed by atoms with Crippen molar-refractivity contribution < 1.29 is 14.3 Å². The fraction of sp³-hybridized carbons (Fsp3) is 0.250. The fourth-order valence-electron chi connectivity index (χ4n) is 1.41. The SMILES string of the molecule is COc1ccc(C(=O)O[C@@H](C)n2cncn2)cc1. The van der Waals surface area contributed by atoms with Gasteiger partial charge in [0.1, 0.15) is 18.4 Å². The Labute approximate surface area is 104 Å². The molecule has 0 saturated heterocycles. The van der Waals surface area contributed by atoms with Gasteiger partial charge in [0.15, 0.2) is 6.23 Å². The molecule has 2 aromatic rings. The Balaban J connectivity index is 2.03. The third-order valence-electron chi connectivity index (χ3n) is 2.41. The second-order valence-corrected chi connectivity index (χ2v) is 3.61. The van der Waals surface area contributed by atoms with Gasteiger partial charge in [-0.25, -0.2) is 14.5 Å². The highest BCUT2D eigenvalue weighted by atomic mass is 16.6. The van der Waals surface area contributed by atoms with E-state index in [4.69, 9.17) is 9.47 Å². The predicted molar refractivity (Wildman–Crippen MR) is 63.1 cm³/mol. The third-order valence-corrected chi connectivity index (χ3v) is 2.41. The molecule has 18 heavy (non-hydrogen) atoms. The monoisotopic (exact) mass is 247 g/mol. The summed E-state index contributed by atoms with van der Waals surface area (Å²) in [4.78, 5) is 15.6. The molecule has 0 N–H and O–H groups in total.